The van der Waals surface area contributed by atoms with Crippen LogP contribution in [0.2, 0.25) is 0 Å². The van der Waals surface area contributed by atoms with Crippen LogP contribution >= 0.6 is 0 Å². The summed E-state index contributed by atoms with van der Waals surface area (Å²) in [6, 6.07) is 0.233. The van der Waals surface area contributed by atoms with E-state index in [1.807, 2.05) is 18.4 Å². The quantitative estimate of drug-likeness (QED) is 0.848. The summed E-state index contributed by atoms with van der Waals surface area (Å²) in [7, 11) is 0. The van der Waals surface area contributed by atoms with Crippen LogP contribution in [-0.4, -0.2) is 33.7 Å². The first-order valence-electron chi connectivity index (χ1n) is 5.66. The molecule has 0 aromatic carbocycles. The van der Waals surface area contributed by atoms with Crippen molar-refractivity contribution >= 4 is 11.9 Å². The normalized spacial score (nSPS) is 16.1. The Bertz CT molecular complexity index is 392. The number of hydrogen-bond acceptors (Lipinski definition) is 3. The third kappa shape index (κ3) is 1.89. The number of aromatic carboxylic acids is 1. The van der Waals surface area contributed by atoms with Crippen molar-refractivity contribution in [3.8, 4) is 0 Å². The summed E-state index contributed by atoms with van der Waals surface area (Å²) < 4.78 is 1.94. The minimum atomic E-state index is -0.958. The molecule has 2 rings (SSSR count). The summed E-state index contributed by atoms with van der Waals surface area (Å²) in [5, 5.41) is 8.95. The van der Waals surface area contributed by atoms with E-state index in [-0.39, 0.29) is 11.7 Å². The molecule has 16 heavy (non-hydrogen) atoms. The molecule has 0 radical (unpaired) electrons. The van der Waals surface area contributed by atoms with Crippen LogP contribution in [0.1, 0.15) is 43.2 Å². The fraction of sp³-hybridized carbons (Fsp3) is 0.636. The number of nitrogens with zero attached hydrogens (tertiary/aromatic N) is 3. The molecular weight excluding hydrogens is 206 g/mol. The topological polar surface area (TPSA) is 58.4 Å². The van der Waals surface area contributed by atoms with Crippen molar-refractivity contribution in [2.24, 2.45) is 0 Å². The van der Waals surface area contributed by atoms with E-state index < -0.39 is 5.97 Å². The zero-order valence-corrected chi connectivity index (χ0v) is 9.68. The zero-order chi connectivity index (χ0) is 11.7. The third-order valence-corrected chi connectivity index (χ3v) is 2.88. The molecule has 1 aromatic rings. The summed E-state index contributed by atoms with van der Waals surface area (Å²) in [5.41, 5.74) is 0.135. The zero-order valence-electron chi connectivity index (χ0n) is 9.68. The lowest BCUT2D eigenvalue weighted by molar-refractivity contribution is 0.0691. The Morgan fingerprint density at radius 1 is 1.44 bits per heavy atom. The largest absolute Gasteiger partial charge is 0.476 e. The highest BCUT2D eigenvalue weighted by atomic mass is 16.4. The number of carboxylic acid groups (broad SMARTS) is 1. The summed E-state index contributed by atoms with van der Waals surface area (Å²) >= 11 is 0. The van der Waals surface area contributed by atoms with E-state index in [2.05, 4.69) is 9.88 Å². The Kier molecular flexibility index (Phi) is 2.85. The minimum absolute atomic E-state index is 0.135. The maximum absolute atomic E-state index is 10.9. The van der Waals surface area contributed by atoms with Gasteiger partial charge in [-0.15, -0.1) is 0 Å². The highest BCUT2D eigenvalue weighted by Gasteiger charge is 2.21. The number of carboxylic acids is 1. The second-order valence-corrected chi connectivity index (χ2v) is 4.43. The fourth-order valence-corrected chi connectivity index (χ4v) is 2.02. The van der Waals surface area contributed by atoms with E-state index in [4.69, 9.17) is 5.11 Å². The van der Waals surface area contributed by atoms with Gasteiger partial charge in [0.1, 0.15) is 0 Å². The van der Waals surface area contributed by atoms with Gasteiger partial charge in [0.2, 0.25) is 5.95 Å². The predicted octanol–water partition coefficient (Wildman–Crippen LogP) is 1.76. The number of rotatable bonds is 3. The van der Waals surface area contributed by atoms with E-state index in [1.54, 1.807) is 6.20 Å². The second-order valence-electron chi connectivity index (χ2n) is 4.43. The Morgan fingerprint density at radius 3 is 2.56 bits per heavy atom. The summed E-state index contributed by atoms with van der Waals surface area (Å²) in [5.74, 6) is -0.162. The molecule has 5 heteroatoms. The van der Waals surface area contributed by atoms with Crippen molar-refractivity contribution in [1.29, 1.82) is 0 Å². The minimum Gasteiger partial charge on any atom is -0.476 e. The molecule has 1 aliphatic heterocycles. The molecule has 5 nitrogen and oxygen atoms in total. The number of anilines is 1. The summed E-state index contributed by atoms with van der Waals surface area (Å²) in [6.07, 6.45) is 3.95. The lowest BCUT2D eigenvalue weighted by Gasteiger charge is -2.20. The maximum Gasteiger partial charge on any atom is 0.356 e. The Hall–Kier alpha value is -1.52. The molecule has 0 spiro atoms. The van der Waals surface area contributed by atoms with Gasteiger partial charge in [0.05, 0.1) is 0 Å². The van der Waals surface area contributed by atoms with Gasteiger partial charge in [0.25, 0.3) is 0 Å². The lowest BCUT2D eigenvalue weighted by atomic mass is 10.4. The molecule has 0 atom stereocenters. The van der Waals surface area contributed by atoms with Gasteiger partial charge in [0.15, 0.2) is 5.69 Å². The summed E-state index contributed by atoms with van der Waals surface area (Å²) in [6.45, 7) is 6.02. The SMILES string of the molecule is CC(C)n1cc(C(=O)O)nc1N1CCCC1. The first kappa shape index (κ1) is 11.0. The summed E-state index contributed by atoms with van der Waals surface area (Å²) in [4.78, 5) is 17.3. The number of carbonyl (C=O) groups is 1. The number of imidazole rings is 1. The molecule has 0 unspecified atom stereocenters. The van der Waals surface area contributed by atoms with Gasteiger partial charge < -0.3 is 14.6 Å². The van der Waals surface area contributed by atoms with Crippen molar-refractivity contribution in [3.05, 3.63) is 11.9 Å². The van der Waals surface area contributed by atoms with Crippen molar-refractivity contribution < 1.29 is 9.90 Å². The molecule has 1 saturated heterocycles. The lowest BCUT2D eigenvalue weighted by Crippen LogP contribution is -2.22. The van der Waals surface area contributed by atoms with E-state index >= 15 is 0 Å². The average Bonchev–Trinajstić information content (AvgIpc) is 2.86. The van der Waals surface area contributed by atoms with Gasteiger partial charge >= 0.3 is 5.97 Å². The van der Waals surface area contributed by atoms with Gasteiger partial charge in [-0.1, -0.05) is 0 Å². The van der Waals surface area contributed by atoms with Gasteiger partial charge in [-0.2, -0.15) is 0 Å². The van der Waals surface area contributed by atoms with Crippen molar-refractivity contribution in [2.75, 3.05) is 18.0 Å². The molecule has 1 fully saturated rings. The van der Waals surface area contributed by atoms with Crippen LogP contribution in [0.4, 0.5) is 5.95 Å². The van der Waals surface area contributed by atoms with Crippen molar-refractivity contribution in [3.63, 3.8) is 0 Å². The van der Waals surface area contributed by atoms with Crippen LogP contribution in [0.25, 0.3) is 0 Å². The maximum atomic E-state index is 10.9. The van der Waals surface area contributed by atoms with Crippen molar-refractivity contribution in [2.45, 2.75) is 32.7 Å². The molecule has 1 aliphatic rings. The number of hydrogen-bond donors (Lipinski definition) is 1. The van der Waals surface area contributed by atoms with E-state index in [9.17, 15) is 4.79 Å². The third-order valence-electron chi connectivity index (χ3n) is 2.88. The van der Waals surface area contributed by atoms with Crippen LogP contribution in [-0.2, 0) is 0 Å². The standard InChI is InChI=1S/C11H17N3O2/c1-8(2)14-7-9(10(15)16)12-11(14)13-5-3-4-6-13/h7-8H,3-6H2,1-2H3,(H,15,16). The first-order valence-corrected chi connectivity index (χ1v) is 5.66. The van der Waals surface area contributed by atoms with E-state index in [0.29, 0.717) is 0 Å². The van der Waals surface area contributed by atoms with Crippen molar-refractivity contribution in [1.82, 2.24) is 9.55 Å². The van der Waals surface area contributed by atoms with Gasteiger partial charge in [-0.05, 0) is 26.7 Å². The highest BCUT2D eigenvalue weighted by molar-refractivity contribution is 5.85. The number of aromatic nitrogens is 2. The molecule has 0 aliphatic carbocycles. The Morgan fingerprint density at radius 2 is 2.06 bits per heavy atom. The van der Waals surface area contributed by atoms with Gasteiger partial charge in [-0.25, -0.2) is 9.78 Å². The molecule has 2 heterocycles. The predicted molar refractivity (Wildman–Crippen MR) is 61.0 cm³/mol. The molecule has 1 N–H and O–H groups in total. The van der Waals surface area contributed by atoms with E-state index in [0.717, 1.165) is 31.9 Å². The van der Waals surface area contributed by atoms with Crippen LogP contribution in [0.3, 0.4) is 0 Å². The van der Waals surface area contributed by atoms with Gasteiger partial charge in [-0.3, -0.25) is 0 Å². The van der Waals surface area contributed by atoms with Crippen LogP contribution in [0, 0.1) is 0 Å². The van der Waals surface area contributed by atoms with E-state index in [1.165, 1.54) is 0 Å². The molecule has 0 bridgehead atoms. The molecule has 88 valence electrons. The van der Waals surface area contributed by atoms with Crippen LogP contribution in [0.5, 0.6) is 0 Å². The second kappa shape index (κ2) is 4.15. The molecule has 0 saturated carbocycles. The fourth-order valence-electron chi connectivity index (χ4n) is 2.02. The highest BCUT2D eigenvalue weighted by Crippen LogP contribution is 2.23. The van der Waals surface area contributed by atoms with Crippen LogP contribution < -0.4 is 4.90 Å². The Balaban J connectivity index is 2.37. The smallest absolute Gasteiger partial charge is 0.356 e. The molecule has 1 aromatic heterocycles. The first-order chi connectivity index (χ1) is 7.59. The van der Waals surface area contributed by atoms with Crippen LogP contribution in [0.15, 0.2) is 6.20 Å². The molecular formula is C11H17N3O2. The average molecular weight is 223 g/mol. The molecule has 0 amide bonds. The van der Waals surface area contributed by atoms with Gasteiger partial charge in [0, 0.05) is 25.3 Å². The monoisotopic (exact) mass is 223 g/mol. The Labute approximate surface area is 94.7 Å².